The van der Waals surface area contributed by atoms with E-state index in [1.54, 1.807) is 12.1 Å². The monoisotopic (exact) mass is 414 g/mol. The highest BCUT2D eigenvalue weighted by Crippen LogP contribution is 2.25. The molecular formula is C23H18N4O2S. The molecule has 30 heavy (non-hydrogen) atoms. The van der Waals surface area contributed by atoms with E-state index in [4.69, 9.17) is 0 Å². The van der Waals surface area contributed by atoms with Gasteiger partial charge in [0, 0.05) is 23.2 Å². The minimum atomic E-state index is -0.398. The van der Waals surface area contributed by atoms with Crippen molar-refractivity contribution >= 4 is 22.7 Å². The molecule has 0 spiro atoms. The molecule has 0 atom stereocenters. The van der Waals surface area contributed by atoms with Gasteiger partial charge in [0.15, 0.2) is 0 Å². The molecule has 0 aliphatic carbocycles. The van der Waals surface area contributed by atoms with E-state index in [-0.39, 0.29) is 5.69 Å². The largest absolute Gasteiger partial charge is 0.284 e. The van der Waals surface area contributed by atoms with Crippen LogP contribution < -0.4 is 4.80 Å². The molecule has 0 aliphatic heterocycles. The molecule has 0 saturated carbocycles. The Balaban J connectivity index is 1.83. The summed E-state index contributed by atoms with van der Waals surface area (Å²) in [4.78, 5) is 11.3. The second-order valence-corrected chi connectivity index (χ2v) is 7.37. The summed E-state index contributed by atoms with van der Waals surface area (Å²) >= 11 is 1.47. The first-order chi connectivity index (χ1) is 14.6. The molecule has 4 rings (SSSR count). The first-order valence-electron chi connectivity index (χ1n) is 9.28. The number of hydrogen-bond acceptors (Lipinski definition) is 5. The topological polar surface area (TPSA) is 72.8 Å². The number of thiazole rings is 1. The average Bonchev–Trinajstić information content (AvgIpc) is 3.22. The maximum Gasteiger partial charge on any atom is 0.269 e. The van der Waals surface area contributed by atoms with E-state index in [9.17, 15) is 10.1 Å². The zero-order valence-corrected chi connectivity index (χ0v) is 17.0. The summed E-state index contributed by atoms with van der Waals surface area (Å²) in [6, 6.07) is 26.3. The van der Waals surface area contributed by atoms with Crippen molar-refractivity contribution < 1.29 is 4.92 Å². The van der Waals surface area contributed by atoms with Crippen LogP contribution in [0.25, 0.3) is 16.9 Å². The molecule has 0 fully saturated rings. The Morgan fingerprint density at radius 1 is 0.933 bits per heavy atom. The summed E-state index contributed by atoms with van der Waals surface area (Å²) in [5, 5.41) is 21.9. The number of non-ortho nitro benzene ring substituents is 1. The maximum absolute atomic E-state index is 11.0. The van der Waals surface area contributed by atoms with Gasteiger partial charge in [-0.05, 0) is 42.3 Å². The van der Waals surface area contributed by atoms with Crippen molar-refractivity contribution in [2.24, 2.45) is 10.2 Å². The summed E-state index contributed by atoms with van der Waals surface area (Å²) in [5.41, 5.74) is 4.60. The molecule has 1 aromatic heterocycles. The number of aromatic nitrogens is 1. The molecule has 1 heterocycles. The van der Waals surface area contributed by atoms with Gasteiger partial charge in [0.2, 0.25) is 4.80 Å². The molecule has 0 radical (unpaired) electrons. The van der Waals surface area contributed by atoms with Crippen LogP contribution in [0.5, 0.6) is 0 Å². The molecule has 148 valence electrons. The first kappa shape index (κ1) is 19.5. The number of nitro benzene ring substituents is 1. The van der Waals surface area contributed by atoms with Crippen LogP contribution >= 0.6 is 11.3 Å². The summed E-state index contributed by atoms with van der Waals surface area (Å²) < 4.78 is 2.01. The number of rotatable bonds is 5. The molecule has 0 N–H and O–H groups in total. The van der Waals surface area contributed by atoms with Crippen LogP contribution in [0.15, 0.2) is 101 Å². The molecular weight excluding hydrogens is 396 g/mol. The van der Waals surface area contributed by atoms with Crippen molar-refractivity contribution in [2.75, 3.05) is 0 Å². The normalized spacial score (nSPS) is 12.2. The van der Waals surface area contributed by atoms with E-state index in [0.717, 1.165) is 28.2 Å². The third kappa shape index (κ3) is 4.11. The van der Waals surface area contributed by atoms with Crippen molar-refractivity contribution in [1.82, 2.24) is 4.57 Å². The highest BCUT2D eigenvalue weighted by atomic mass is 32.1. The van der Waals surface area contributed by atoms with E-state index in [1.165, 1.54) is 23.5 Å². The molecule has 7 heteroatoms. The predicted octanol–water partition coefficient (Wildman–Crippen LogP) is 5.44. The number of para-hydroxylation sites is 1. The van der Waals surface area contributed by atoms with Gasteiger partial charge in [-0.25, -0.2) is 0 Å². The van der Waals surface area contributed by atoms with E-state index in [1.807, 2.05) is 77.5 Å². The van der Waals surface area contributed by atoms with Crippen LogP contribution in [-0.2, 0) is 0 Å². The van der Waals surface area contributed by atoms with Crippen molar-refractivity contribution in [2.45, 2.75) is 6.92 Å². The summed E-state index contributed by atoms with van der Waals surface area (Å²) in [6.07, 6.45) is 0. The number of nitrogens with zero attached hydrogens (tertiary/aromatic N) is 4. The lowest BCUT2D eigenvalue weighted by Gasteiger charge is -2.09. The van der Waals surface area contributed by atoms with Crippen molar-refractivity contribution in [3.63, 3.8) is 0 Å². The molecule has 0 amide bonds. The molecule has 0 saturated heterocycles. The molecule has 6 nitrogen and oxygen atoms in total. The van der Waals surface area contributed by atoms with Crippen LogP contribution in [0.2, 0.25) is 0 Å². The number of hydrogen-bond donors (Lipinski definition) is 0. The minimum Gasteiger partial charge on any atom is -0.284 e. The molecule has 4 aromatic rings. The Bertz CT molecular complexity index is 1260. The van der Waals surface area contributed by atoms with Crippen LogP contribution in [0, 0.1) is 10.1 Å². The van der Waals surface area contributed by atoms with Crippen LogP contribution in [0.1, 0.15) is 12.5 Å². The fourth-order valence-electron chi connectivity index (χ4n) is 3.02. The SMILES string of the molecule is CC(=NN=c1scc(-c2ccc([N+](=O)[O-])cc2)n1-c1ccccc1)c1ccccc1. The third-order valence-corrected chi connectivity index (χ3v) is 5.39. The van der Waals surface area contributed by atoms with Gasteiger partial charge in [0.25, 0.3) is 5.69 Å². The summed E-state index contributed by atoms with van der Waals surface area (Å²) in [5.74, 6) is 0. The molecule has 0 unspecified atom stereocenters. The lowest BCUT2D eigenvalue weighted by molar-refractivity contribution is -0.384. The van der Waals surface area contributed by atoms with Gasteiger partial charge in [0.05, 0.1) is 16.3 Å². The smallest absolute Gasteiger partial charge is 0.269 e. The molecule has 0 aliphatic rings. The van der Waals surface area contributed by atoms with Crippen molar-refractivity contribution in [3.05, 3.63) is 111 Å². The molecule has 3 aromatic carbocycles. The van der Waals surface area contributed by atoms with Crippen molar-refractivity contribution in [3.8, 4) is 16.9 Å². The molecule has 0 bridgehead atoms. The Labute approximate surface area is 177 Å². The highest BCUT2D eigenvalue weighted by molar-refractivity contribution is 7.07. The fraction of sp³-hybridized carbons (Fsp3) is 0.0435. The van der Waals surface area contributed by atoms with Crippen LogP contribution in [-0.4, -0.2) is 15.2 Å². The standard InChI is InChI=1S/C23H18N4O2S/c1-17(18-8-4-2-5-9-18)24-25-23-26(20-10-6-3-7-11-20)22(16-30-23)19-12-14-21(15-13-19)27(28)29/h2-16H,1H3. The summed E-state index contributed by atoms with van der Waals surface area (Å²) in [6.45, 7) is 1.93. The van der Waals surface area contributed by atoms with E-state index in [0.29, 0.717) is 4.80 Å². The summed E-state index contributed by atoms with van der Waals surface area (Å²) in [7, 11) is 0. The quantitative estimate of drug-likeness (QED) is 0.248. The van der Waals surface area contributed by atoms with Gasteiger partial charge < -0.3 is 0 Å². The lowest BCUT2D eigenvalue weighted by atomic mass is 10.1. The maximum atomic E-state index is 11.0. The Hall–Kier alpha value is -3.84. The van der Waals surface area contributed by atoms with Gasteiger partial charge in [-0.1, -0.05) is 48.5 Å². The van der Waals surface area contributed by atoms with Gasteiger partial charge in [-0.15, -0.1) is 16.4 Å². The van der Waals surface area contributed by atoms with E-state index >= 15 is 0 Å². The number of nitro groups is 1. The first-order valence-corrected chi connectivity index (χ1v) is 10.2. The Morgan fingerprint density at radius 2 is 1.57 bits per heavy atom. The number of benzene rings is 3. The lowest BCUT2D eigenvalue weighted by Crippen LogP contribution is -2.13. The van der Waals surface area contributed by atoms with E-state index in [2.05, 4.69) is 10.2 Å². The van der Waals surface area contributed by atoms with Crippen molar-refractivity contribution in [1.29, 1.82) is 0 Å². The van der Waals surface area contributed by atoms with Gasteiger partial charge >= 0.3 is 0 Å². The van der Waals surface area contributed by atoms with Crippen LogP contribution in [0.3, 0.4) is 0 Å². The van der Waals surface area contributed by atoms with Gasteiger partial charge in [0.1, 0.15) is 0 Å². The predicted molar refractivity (Wildman–Crippen MR) is 120 cm³/mol. The third-order valence-electron chi connectivity index (χ3n) is 4.57. The Morgan fingerprint density at radius 3 is 2.20 bits per heavy atom. The highest BCUT2D eigenvalue weighted by Gasteiger charge is 2.12. The average molecular weight is 414 g/mol. The minimum absolute atomic E-state index is 0.0632. The fourth-order valence-corrected chi connectivity index (χ4v) is 3.87. The van der Waals surface area contributed by atoms with Crippen LogP contribution in [0.4, 0.5) is 5.69 Å². The zero-order chi connectivity index (χ0) is 20.9. The zero-order valence-electron chi connectivity index (χ0n) is 16.2. The van der Waals surface area contributed by atoms with Gasteiger partial charge in [-0.3, -0.25) is 14.7 Å². The second kappa shape index (κ2) is 8.67. The Kier molecular flexibility index (Phi) is 5.63. The van der Waals surface area contributed by atoms with Gasteiger partial charge in [-0.2, -0.15) is 5.10 Å². The van der Waals surface area contributed by atoms with E-state index < -0.39 is 4.92 Å². The second-order valence-electron chi connectivity index (χ2n) is 6.53.